The zero-order valence-electron chi connectivity index (χ0n) is 14.1. The highest BCUT2D eigenvalue weighted by Gasteiger charge is 2.03. The van der Waals surface area contributed by atoms with E-state index in [4.69, 9.17) is 10.5 Å². The summed E-state index contributed by atoms with van der Waals surface area (Å²) in [4.78, 5) is 12.6. The van der Waals surface area contributed by atoms with Gasteiger partial charge in [0.2, 0.25) is 11.8 Å². The molecule has 6 heteroatoms. The highest BCUT2D eigenvalue weighted by Crippen LogP contribution is 2.21. The van der Waals surface area contributed by atoms with Gasteiger partial charge in [-0.05, 0) is 30.2 Å². The number of guanidine groups is 1. The second kappa shape index (κ2) is 7.44. The molecule has 0 unspecified atom stereocenters. The van der Waals surface area contributed by atoms with Crippen molar-refractivity contribution in [3.05, 3.63) is 66.4 Å². The van der Waals surface area contributed by atoms with Crippen LogP contribution in [0.4, 0.5) is 11.6 Å². The molecule has 0 bridgehead atoms. The zero-order chi connectivity index (χ0) is 17.6. The van der Waals surface area contributed by atoms with Crippen LogP contribution < -0.4 is 15.8 Å². The molecular weight excluding hydrogens is 314 g/mol. The van der Waals surface area contributed by atoms with Gasteiger partial charge >= 0.3 is 0 Å². The van der Waals surface area contributed by atoms with Gasteiger partial charge in [-0.15, -0.1) is 0 Å². The molecule has 0 radical (unpaired) electrons. The molecule has 1 heterocycles. The molecule has 25 heavy (non-hydrogen) atoms. The van der Waals surface area contributed by atoms with Crippen molar-refractivity contribution in [1.82, 2.24) is 9.97 Å². The minimum absolute atomic E-state index is 0.208. The Hall–Kier alpha value is -3.41. The molecule has 0 amide bonds. The molecule has 0 aliphatic rings. The van der Waals surface area contributed by atoms with E-state index in [9.17, 15) is 0 Å². The molecule has 3 rings (SSSR count). The molecule has 3 N–H and O–H groups in total. The van der Waals surface area contributed by atoms with Gasteiger partial charge in [0.1, 0.15) is 0 Å². The molecule has 0 saturated heterocycles. The van der Waals surface area contributed by atoms with Crippen molar-refractivity contribution in [1.29, 1.82) is 0 Å². The number of nitrogens with two attached hydrogens (primary N) is 1. The minimum Gasteiger partial charge on any atom is -0.481 e. The lowest BCUT2D eigenvalue weighted by molar-refractivity contribution is 0.397. The van der Waals surface area contributed by atoms with Crippen molar-refractivity contribution in [2.24, 2.45) is 10.7 Å². The predicted molar refractivity (Wildman–Crippen MR) is 100 cm³/mol. The van der Waals surface area contributed by atoms with E-state index in [1.54, 1.807) is 13.2 Å². The summed E-state index contributed by atoms with van der Waals surface area (Å²) in [5.41, 5.74) is 9.83. The summed E-state index contributed by atoms with van der Waals surface area (Å²) in [5.74, 6) is 0.911. The van der Waals surface area contributed by atoms with Gasteiger partial charge in [0.05, 0.1) is 7.11 Å². The topological polar surface area (TPSA) is 85.4 Å². The fraction of sp³-hybridized carbons (Fsp3) is 0.105. The Kier molecular flexibility index (Phi) is 4.89. The van der Waals surface area contributed by atoms with Crippen molar-refractivity contribution >= 4 is 17.6 Å². The van der Waals surface area contributed by atoms with E-state index in [2.05, 4.69) is 32.4 Å². The van der Waals surface area contributed by atoms with E-state index in [0.29, 0.717) is 5.88 Å². The summed E-state index contributed by atoms with van der Waals surface area (Å²) in [7, 11) is 1.55. The first-order valence-electron chi connectivity index (χ1n) is 7.80. The van der Waals surface area contributed by atoms with Gasteiger partial charge in [-0.3, -0.25) is 0 Å². The van der Waals surface area contributed by atoms with Gasteiger partial charge < -0.3 is 15.8 Å². The maximum atomic E-state index is 5.95. The van der Waals surface area contributed by atoms with Crippen molar-refractivity contribution in [3.8, 4) is 17.0 Å². The number of nitrogens with zero attached hydrogens (tertiary/aromatic N) is 3. The summed E-state index contributed by atoms with van der Waals surface area (Å²) in [6.07, 6.45) is 0. The Balaban J connectivity index is 1.74. The smallest absolute Gasteiger partial charge is 0.256 e. The van der Waals surface area contributed by atoms with Gasteiger partial charge in [0.25, 0.3) is 5.95 Å². The first-order chi connectivity index (χ1) is 12.1. The van der Waals surface area contributed by atoms with E-state index >= 15 is 0 Å². The van der Waals surface area contributed by atoms with Crippen LogP contribution in [0.1, 0.15) is 5.69 Å². The molecule has 0 aliphatic carbocycles. The van der Waals surface area contributed by atoms with E-state index in [1.807, 2.05) is 49.4 Å². The number of rotatable bonds is 4. The highest BCUT2D eigenvalue weighted by molar-refractivity contribution is 5.93. The number of aryl methyl sites for hydroxylation is 1. The van der Waals surface area contributed by atoms with Gasteiger partial charge in [-0.25, -0.2) is 4.98 Å². The van der Waals surface area contributed by atoms with Crippen molar-refractivity contribution in [2.45, 2.75) is 6.92 Å². The molecule has 2 aromatic carbocycles. The maximum absolute atomic E-state index is 5.95. The Bertz CT molecular complexity index is 876. The highest BCUT2D eigenvalue weighted by atomic mass is 16.5. The summed E-state index contributed by atoms with van der Waals surface area (Å²) in [6.45, 7) is 1.84. The van der Waals surface area contributed by atoms with Crippen LogP contribution in [0, 0.1) is 6.92 Å². The largest absolute Gasteiger partial charge is 0.481 e. The van der Waals surface area contributed by atoms with E-state index in [0.717, 1.165) is 22.5 Å². The second-order valence-corrected chi connectivity index (χ2v) is 5.42. The first-order valence-corrected chi connectivity index (χ1v) is 7.80. The number of nitrogens with one attached hydrogen (secondary N) is 1. The Morgan fingerprint density at radius 3 is 2.36 bits per heavy atom. The van der Waals surface area contributed by atoms with Gasteiger partial charge in [-0.1, -0.05) is 42.5 Å². The summed E-state index contributed by atoms with van der Waals surface area (Å²) in [5, 5.41) is 3.03. The van der Waals surface area contributed by atoms with Gasteiger partial charge in [0.15, 0.2) is 0 Å². The lowest BCUT2D eigenvalue weighted by atomic mass is 10.1. The molecule has 0 atom stereocenters. The summed E-state index contributed by atoms with van der Waals surface area (Å²) >= 11 is 0. The quantitative estimate of drug-likeness (QED) is 0.563. The number of hydrogen-bond donors (Lipinski definition) is 2. The molecule has 126 valence electrons. The normalized spacial score (nSPS) is 11.2. The minimum atomic E-state index is 0.208. The number of methoxy groups -OCH3 is 1. The van der Waals surface area contributed by atoms with Crippen LogP contribution in [-0.4, -0.2) is 23.0 Å². The number of aromatic nitrogens is 2. The van der Waals surface area contributed by atoms with Crippen LogP contribution in [0.2, 0.25) is 0 Å². The molecule has 0 spiro atoms. The second-order valence-electron chi connectivity index (χ2n) is 5.42. The Morgan fingerprint density at radius 1 is 1.00 bits per heavy atom. The number of ether oxygens (including phenoxy) is 1. The van der Waals surface area contributed by atoms with E-state index in [1.165, 1.54) is 0 Å². The Morgan fingerprint density at radius 2 is 1.68 bits per heavy atom. The van der Waals surface area contributed by atoms with Crippen LogP contribution in [0.25, 0.3) is 11.1 Å². The molecule has 6 nitrogen and oxygen atoms in total. The number of benzene rings is 2. The van der Waals surface area contributed by atoms with Crippen LogP contribution in [0.15, 0.2) is 65.7 Å². The van der Waals surface area contributed by atoms with Crippen LogP contribution in [0.3, 0.4) is 0 Å². The lowest BCUT2D eigenvalue weighted by Gasteiger charge is -2.07. The summed E-state index contributed by atoms with van der Waals surface area (Å²) in [6, 6.07) is 19.8. The SMILES string of the molecule is COc1cc(C)nc(N=C(N)Nc2ccc(-c3ccccc3)cc2)n1. The van der Waals surface area contributed by atoms with Crippen LogP contribution in [-0.2, 0) is 0 Å². The monoisotopic (exact) mass is 333 g/mol. The van der Waals surface area contributed by atoms with Crippen molar-refractivity contribution in [2.75, 3.05) is 12.4 Å². The Labute approximate surface area is 146 Å². The third-order valence-electron chi connectivity index (χ3n) is 3.51. The average molecular weight is 333 g/mol. The van der Waals surface area contributed by atoms with Crippen LogP contribution >= 0.6 is 0 Å². The third kappa shape index (κ3) is 4.32. The fourth-order valence-corrected chi connectivity index (χ4v) is 2.34. The maximum Gasteiger partial charge on any atom is 0.256 e. The number of aliphatic imine (C=N–C) groups is 1. The number of hydrogen-bond acceptors (Lipinski definition) is 4. The van der Waals surface area contributed by atoms with E-state index < -0.39 is 0 Å². The standard InChI is InChI=1S/C19H19N5O/c1-13-12-17(25-2)23-19(21-13)24-18(20)22-16-10-8-15(9-11-16)14-6-4-3-5-7-14/h3-12H,1-2H3,(H3,20,21,22,23,24). The van der Waals surface area contributed by atoms with Crippen molar-refractivity contribution in [3.63, 3.8) is 0 Å². The molecule has 0 saturated carbocycles. The average Bonchev–Trinajstić information content (AvgIpc) is 2.62. The van der Waals surface area contributed by atoms with Crippen molar-refractivity contribution < 1.29 is 4.74 Å². The molecule has 3 aromatic rings. The van der Waals surface area contributed by atoms with Gasteiger partial charge in [0, 0.05) is 17.4 Å². The zero-order valence-corrected chi connectivity index (χ0v) is 14.1. The molecule has 0 fully saturated rings. The van der Waals surface area contributed by atoms with Crippen LogP contribution in [0.5, 0.6) is 5.88 Å². The first kappa shape index (κ1) is 16.4. The molecular formula is C19H19N5O. The lowest BCUT2D eigenvalue weighted by Crippen LogP contribution is -2.22. The van der Waals surface area contributed by atoms with E-state index in [-0.39, 0.29) is 11.9 Å². The molecule has 1 aromatic heterocycles. The fourth-order valence-electron chi connectivity index (χ4n) is 2.34. The predicted octanol–water partition coefficient (Wildman–Crippen LogP) is 3.52. The summed E-state index contributed by atoms with van der Waals surface area (Å²) < 4.78 is 5.11. The van der Waals surface area contributed by atoms with Gasteiger partial charge in [-0.2, -0.15) is 9.98 Å². The molecule has 0 aliphatic heterocycles. The third-order valence-corrected chi connectivity index (χ3v) is 3.51. The number of anilines is 1.